The first-order valence-corrected chi connectivity index (χ1v) is 9.89. The number of rotatable bonds is 6. The Kier molecular flexibility index (Phi) is 5.78. The lowest BCUT2D eigenvalue weighted by atomic mass is 10.1. The number of piperidine rings is 1. The van der Waals surface area contributed by atoms with Crippen molar-refractivity contribution >= 4 is 28.5 Å². The van der Waals surface area contributed by atoms with Gasteiger partial charge < -0.3 is 19.9 Å². The van der Waals surface area contributed by atoms with Gasteiger partial charge in [0.25, 0.3) is 0 Å². The zero-order valence-corrected chi connectivity index (χ0v) is 16.3. The number of nitrogens with one attached hydrogen (secondary N) is 2. The molecule has 1 amide bonds. The van der Waals surface area contributed by atoms with Crippen LogP contribution in [0.25, 0.3) is 11.0 Å². The van der Waals surface area contributed by atoms with Crippen LogP contribution in [0.4, 0.5) is 0 Å². The van der Waals surface area contributed by atoms with E-state index in [0.29, 0.717) is 16.6 Å². The lowest BCUT2D eigenvalue weighted by Crippen LogP contribution is -2.46. The van der Waals surface area contributed by atoms with Gasteiger partial charge in [0, 0.05) is 17.6 Å². The van der Waals surface area contributed by atoms with Gasteiger partial charge in [-0.1, -0.05) is 23.7 Å². The van der Waals surface area contributed by atoms with E-state index in [1.807, 2.05) is 41.0 Å². The molecule has 1 aliphatic rings. The molecule has 1 fully saturated rings. The Morgan fingerprint density at radius 1 is 1.25 bits per heavy atom. The summed E-state index contributed by atoms with van der Waals surface area (Å²) in [6.07, 6.45) is 2.09. The molecule has 1 aromatic heterocycles. The van der Waals surface area contributed by atoms with Gasteiger partial charge in [-0.2, -0.15) is 0 Å². The lowest BCUT2D eigenvalue weighted by Gasteiger charge is -2.24. The van der Waals surface area contributed by atoms with Crippen LogP contribution in [0, 0.1) is 0 Å². The number of hydrogen-bond donors (Lipinski definition) is 2. The molecule has 2 N–H and O–H groups in total. The number of amides is 1. The van der Waals surface area contributed by atoms with Crippen LogP contribution >= 0.6 is 11.6 Å². The predicted molar refractivity (Wildman–Crippen MR) is 110 cm³/mol. The molecule has 0 aliphatic carbocycles. The Morgan fingerprint density at radius 3 is 2.86 bits per heavy atom. The molecule has 3 aromatic rings. The van der Waals surface area contributed by atoms with Crippen molar-refractivity contribution in [2.24, 2.45) is 0 Å². The zero-order valence-electron chi connectivity index (χ0n) is 15.5. The monoisotopic (exact) mass is 398 g/mol. The largest absolute Gasteiger partial charge is 0.486 e. The summed E-state index contributed by atoms with van der Waals surface area (Å²) in [5.74, 6) is 1.42. The third-order valence-corrected chi connectivity index (χ3v) is 5.13. The predicted octanol–water partition coefficient (Wildman–Crippen LogP) is 3.14. The highest BCUT2D eigenvalue weighted by atomic mass is 35.5. The number of carbonyl (C=O) groups excluding carboxylic acids is 1. The van der Waals surface area contributed by atoms with Crippen molar-refractivity contribution in [3.05, 3.63) is 59.4 Å². The summed E-state index contributed by atoms with van der Waals surface area (Å²) in [6, 6.07) is 15.2. The third-order valence-electron chi connectivity index (χ3n) is 4.88. The van der Waals surface area contributed by atoms with E-state index in [1.165, 1.54) is 0 Å². The first kappa shape index (κ1) is 18.8. The average Bonchev–Trinajstić information content (AvgIpc) is 3.06. The van der Waals surface area contributed by atoms with Crippen LogP contribution in [0.5, 0.6) is 5.75 Å². The number of nitrogens with zero attached hydrogens (tertiary/aromatic N) is 2. The van der Waals surface area contributed by atoms with Crippen molar-refractivity contribution < 1.29 is 9.53 Å². The molecule has 28 heavy (non-hydrogen) atoms. The molecule has 0 radical (unpaired) electrons. The second-order valence-corrected chi connectivity index (χ2v) is 7.39. The fraction of sp³-hybridized carbons (Fsp3) is 0.333. The number of halogens is 1. The maximum atomic E-state index is 12.6. The number of aromatic nitrogens is 2. The van der Waals surface area contributed by atoms with Crippen molar-refractivity contribution in [1.82, 2.24) is 20.2 Å². The SMILES string of the molecule is O=C(Cn1c(COc2ccc(Cl)cc2)nc2ccccc21)N[C@H]1CCCNC1. The van der Waals surface area contributed by atoms with Crippen molar-refractivity contribution in [2.75, 3.05) is 13.1 Å². The molecule has 0 spiro atoms. The van der Waals surface area contributed by atoms with Crippen molar-refractivity contribution in [3.8, 4) is 5.75 Å². The molecule has 0 unspecified atom stereocenters. The number of carbonyl (C=O) groups is 1. The normalized spacial score (nSPS) is 16.8. The highest BCUT2D eigenvalue weighted by Gasteiger charge is 2.18. The molecule has 0 saturated carbocycles. The van der Waals surface area contributed by atoms with Crippen LogP contribution in [0.1, 0.15) is 18.7 Å². The van der Waals surface area contributed by atoms with E-state index in [9.17, 15) is 4.79 Å². The number of para-hydroxylation sites is 2. The number of benzene rings is 2. The van der Waals surface area contributed by atoms with E-state index in [4.69, 9.17) is 16.3 Å². The molecule has 1 saturated heterocycles. The molecule has 7 heteroatoms. The molecular weight excluding hydrogens is 376 g/mol. The Labute approximate surface area is 168 Å². The summed E-state index contributed by atoms with van der Waals surface area (Å²) in [5, 5.41) is 7.10. The van der Waals surface area contributed by atoms with Crippen molar-refractivity contribution in [3.63, 3.8) is 0 Å². The van der Waals surface area contributed by atoms with Gasteiger partial charge in [-0.15, -0.1) is 0 Å². The zero-order chi connectivity index (χ0) is 19.3. The van der Waals surface area contributed by atoms with Crippen LogP contribution < -0.4 is 15.4 Å². The summed E-state index contributed by atoms with van der Waals surface area (Å²) < 4.78 is 7.79. The van der Waals surface area contributed by atoms with Crippen LogP contribution in [0.3, 0.4) is 0 Å². The Morgan fingerprint density at radius 2 is 2.07 bits per heavy atom. The van der Waals surface area contributed by atoms with Crippen molar-refractivity contribution in [2.45, 2.75) is 32.0 Å². The smallest absolute Gasteiger partial charge is 0.240 e. The Hall–Kier alpha value is -2.57. The molecule has 1 atom stereocenters. The van der Waals surface area contributed by atoms with Gasteiger partial charge in [0.1, 0.15) is 24.7 Å². The topological polar surface area (TPSA) is 68.2 Å². The van der Waals surface area contributed by atoms with E-state index in [1.54, 1.807) is 12.1 Å². The molecule has 4 rings (SSSR count). The number of fused-ring (bicyclic) bond motifs is 1. The molecule has 6 nitrogen and oxygen atoms in total. The summed E-state index contributed by atoms with van der Waals surface area (Å²) in [4.78, 5) is 17.3. The van der Waals surface area contributed by atoms with Gasteiger partial charge in [0.2, 0.25) is 5.91 Å². The maximum absolute atomic E-state index is 12.6. The second-order valence-electron chi connectivity index (χ2n) is 6.96. The van der Waals surface area contributed by atoms with Gasteiger partial charge in [0.15, 0.2) is 0 Å². The van der Waals surface area contributed by atoms with Crippen LogP contribution in [-0.2, 0) is 17.9 Å². The number of hydrogen-bond acceptors (Lipinski definition) is 4. The molecule has 2 heterocycles. The van der Waals surface area contributed by atoms with Crippen LogP contribution in [0.2, 0.25) is 5.02 Å². The minimum Gasteiger partial charge on any atom is -0.486 e. The van der Waals surface area contributed by atoms with Crippen LogP contribution in [0.15, 0.2) is 48.5 Å². The first-order valence-electron chi connectivity index (χ1n) is 9.51. The molecule has 1 aliphatic heterocycles. The summed E-state index contributed by atoms with van der Waals surface area (Å²) in [7, 11) is 0. The maximum Gasteiger partial charge on any atom is 0.240 e. The summed E-state index contributed by atoms with van der Waals surface area (Å²) in [6.45, 7) is 2.33. The third kappa shape index (κ3) is 4.46. The van der Waals surface area contributed by atoms with Gasteiger partial charge in [-0.3, -0.25) is 4.79 Å². The average molecular weight is 399 g/mol. The van der Waals surface area contributed by atoms with Crippen LogP contribution in [-0.4, -0.2) is 34.6 Å². The number of ether oxygens (including phenoxy) is 1. The molecule has 2 aromatic carbocycles. The molecule has 0 bridgehead atoms. The summed E-state index contributed by atoms with van der Waals surface area (Å²) in [5.41, 5.74) is 1.78. The minimum atomic E-state index is -0.00963. The van der Waals surface area contributed by atoms with E-state index in [-0.39, 0.29) is 25.1 Å². The highest BCUT2D eigenvalue weighted by Crippen LogP contribution is 2.20. The van der Waals surface area contributed by atoms with Gasteiger partial charge in [-0.05, 0) is 55.8 Å². The quantitative estimate of drug-likeness (QED) is 0.669. The Bertz CT molecular complexity index is 949. The standard InChI is InChI=1S/C21H23ClN4O2/c22-15-7-9-17(10-8-15)28-14-20-25-18-5-1-2-6-19(18)26(20)13-21(27)24-16-4-3-11-23-12-16/h1-2,5-10,16,23H,3-4,11-14H2,(H,24,27)/t16-/m0/s1. The number of imidazole rings is 1. The van der Waals surface area contributed by atoms with E-state index in [2.05, 4.69) is 15.6 Å². The second kappa shape index (κ2) is 8.63. The fourth-order valence-corrected chi connectivity index (χ4v) is 3.61. The lowest BCUT2D eigenvalue weighted by molar-refractivity contribution is -0.122. The van der Waals surface area contributed by atoms with Gasteiger partial charge in [0.05, 0.1) is 11.0 Å². The Balaban J connectivity index is 1.51. The fourth-order valence-electron chi connectivity index (χ4n) is 3.48. The van der Waals surface area contributed by atoms with E-state index in [0.717, 1.165) is 37.0 Å². The van der Waals surface area contributed by atoms with Crippen molar-refractivity contribution in [1.29, 1.82) is 0 Å². The highest BCUT2D eigenvalue weighted by molar-refractivity contribution is 6.30. The molecule has 146 valence electrons. The van der Waals surface area contributed by atoms with E-state index < -0.39 is 0 Å². The minimum absolute atomic E-state index is 0.00963. The van der Waals surface area contributed by atoms with Gasteiger partial charge in [-0.25, -0.2) is 4.98 Å². The molecular formula is C21H23ClN4O2. The van der Waals surface area contributed by atoms with E-state index >= 15 is 0 Å². The van der Waals surface area contributed by atoms with Gasteiger partial charge >= 0.3 is 0 Å². The first-order chi connectivity index (χ1) is 13.7. The summed E-state index contributed by atoms with van der Waals surface area (Å²) >= 11 is 5.92.